The van der Waals surface area contributed by atoms with E-state index in [4.69, 9.17) is 4.42 Å². The minimum Gasteiger partial charge on any atom is -0.448 e. The molecule has 18 heavy (non-hydrogen) atoms. The van der Waals surface area contributed by atoms with E-state index >= 15 is 0 Å². The van der Waals surface area contributed by atoms with Gasteiger partial charge in [0.15, 0.2) is 10.4 Å². The SMILES string of the molecule is CC(C)CNCc1cn(C)nc1-c1ccc(Br)o1. The number of aryl methyl sites for hydroxylation is 1. The van der Waals surface area contributed by atoms with Crippen molar-refractivity contribution in [2.45, 2.75) is 20.4 Å². The van der Waals surface area contributed by atoms with Crippen LogP contribution in [0.5, 0.6) is 0 Å². The van der Waals surface area contributed by atoms with E-state index in [1.165, 1.54) is 0 Å². The summed E-state index contributed by atoms with van der Waals surface area (Å²) in [5.74, 6) is 1.44. The molecule has 2 aromatic rings. The summed E-state index contributed by atoms with van der Waals surface area (Å²) in [6.07, 6.45) is 2.03. The Morgan fingerprint density at radius 1 is 1.44 bits per heavy atom. The largest absolute Gasteiger partial charge is 0.448 e. The van der Waals surface area contributed by atoms with Crippen molar-refractivity contribution in [1.82, 2.24) is 15.1 Å². The first-order valence-corrected chi connectivity index (χ1v) is 6.84. The molecule has 2 rings (SSSR count). The van der Waals surface area contributed by atoms with E-state index in [1.807, 2.05) is 30.1 Å². The van der Waals surface area contributed by atoms with Crippen LogP contribution < -0.4 is 5.32 Å². The lowest BCUT2D eigenvalue weighted by atomic mass is 10.2. The molecule has 0 amide bonds. The molecular formula is C13H18BrN3O. The Morgan fingerprint density at radius 3 is 2.83 bits per heavy atom. The van der Waals surface area contributed by atoms with Crippen LogP contribution in [-0.2, 0) is 13.6 Å². The van der Waals surface area contributed by atoms with Crippen molar-refractivity contribution in [3.8, 4) is 11.5 Å². The van der Waals surface area contributed by atoms with Gasteiger partial charge in [0.2, 0.25) is 0 Å². The van der Waals surface area contributed by atoms with Gasteiger partial charge in [0.1, 0.15) is 5.69 Å². The highest BCUT2D eigenvalue weighted by Gasteiger charge is 2.13. The van der Waals surface area contributed by atoms with E-state index in [0.29, 0.717) is 5.92 Å². The average Bonchev–Trinajstić information content (AvgIpc) is 2.84. The van der Waals surface area contributed by atoms with Gasteiger partial charge in [-0.15, -0.1) is 0 Å². The number of halogens is 1. The second-order valence-electron chi connectivity index (χ2n) is 4.81. The molecule has 0 aliphatic carbocycles. The third-order valence-electron chi connectivity index (χ3n) is 2.58. The third kappa shape index (κ3) is 3.23. The van der Waals surface area contributed by atoms with Crippen molar-refractivity contribution in [3.05, 3.63) is 28.6 Å². The van der Waals surface area contributed by atoms with Gasteiger partial charge in [-0.05, 0) is 40.5 Å². The second-order valence-corrected chi connectivity index (χ2v) is 5.59. The Kier molecular flexibility index (Phi) is 4.24. The summed E-state index contributed by atoms with van der Waals surface area (Å²) < 4.78 is 8.11. The number of aromatic nitrogens is 2. The monoisotopic (exact) mass is 311 g/mol. The number of hydrogen-bond donors (Lipinski definition) is 1. The van der Waals surface area contributed by atoms with E-state index in [-0.39, 0.29) is 0 Å². The molecule has 0 aliphatic rings. The lowest BCUT2D eigenvalue weighted by molar-refractivity contribution is 0.544. The molecule has 0 saturated heterocycles. The fourth-order valence-corrected chi connectivity index (χ4v) is 2.12. The number of nitrogens with zero attached hydrogens (tertiary/aromatic N) is 2. The molecule has 0 fully saturated rings. The van der Waals surface area contributed by atoms with Crippen LogP contribution >= 0.6 is 15.9 Å². The van der Waals surface area contributed by atoms with Gasteiger partial charge in [0, 0.05) is 25.4 Å². The van der Waals surface area contributed by atoms with Gasteiger partial charge in [0.05, 0.1) is 0 Å². The topological polar surface area (TPSA) is 43.0 Å². The minimum atomic E-state index is 0.642. The van der Waals surface area contributed by atoms with E-state index in [9.17, 15) is 0 Å². The van der Waals surface area contributed by atoms with Gasteiger partial charge in [0.25, 0.3) is 0 Å². The molecule has 0 radical (unpaired) electrons. The predicted octanol–water partition coefficient (Wildman–Crippen LogP) is 3.19. The molecule has 2 heterocycles. The Hall–Kier alpha value is -1.07. The molecule has 1 N–H and O–H groups in total. The van der Waals surface area contributed by atoms with Crippen molar-refractivity contribution in [3.63, 3.8) is 0 Å². The molecule has 0 aliphatic heterocycles. The highest BCUT2D eigenvalue weighted by atomic mass is 79.9. The van der Waals surface area contributed by atoms with E-state index in [0.717, 1.165) is 34.8 Å². The zero-order chi connectivity index (χ0) is 13.1. The zero-order valence-electron chi connectivity index (χ0n) is 10.9. The van der Waals surface area contributed by atoms with Crippen LogP contribution in [0.3, 0.4) is 0 Å². The van der Waals surface area contributed by atoms with E-state index < -0.39 is 0 Å². The number of nitrogens with one attached hydrogen (secondary N) is 1. The van der Waals surface area contributed by atoms with Crippen molar-refractivity contribution < 1.29 is 4.42 Å². The van der Waals surface area contributed by atoms with Crippen molar-refractivity contribution in [2.24, 2.45) is 13.0 Å². The second kappa shape index (κ2) is 5.71. The Balaban J connectivity index is 2.15. The molecule has 0 unspecified atom stereocenters. The number of hydrogen-bond acceptors (Lipinski definition) is 3. The van der Waals surface area contributed by atoms with Crippen LogP contribution in [-0.4, -0.2) is 16.3 Å². The lowest BCUT2D eigenvalue weighted by Crippen LogP contribution is -2.19. The summed E-state index contributed by atoms with van der Waals surface area (Å²) in [5.41, 5.74) is 2.06. The summed E-state index contributed by atoms with van der Waals surface area (Å²) in [7, 11) is 1.92. The maximum Gasteiger partial charge on any atom is 0.169 e. The van der Waals surface area contributed by atoms with Crippen LogP contribution in [0.1, 0.15) is 19.4 Å². The first-order chi connectivity index (χ1) is 8.56. The highest BCUT2D eigenvalue weighted by Crippen LogP contribution is 2.26. The molecule has 2 aromatic heterocycles. The van der Waals surface area contributed by atoms with Gasteiger partial charge < -0.3 is 9.73 Å². The van der Waals surface area contributed by atoms with E-state index in [2.05, 4.69) is 40.2 Å². The molecule has 0 aromatic carbocycles. The van der Waals surface area contributed by atoms with Gasteiger partial charge in [-0.1, -0.05) is 13.8 Å². The van der Waals surface area contributed by atoms with Crippen LogP contribution in [0.25, 0.3) is 11.5 Å². The lowest BCUT2D eigenvalue weighted by Gasteiger charge is -2.06. The summed E-state index contributed by atoms with van der Waals surface area (Å²) in [4.78, 5) is 0. The summed E-state index contributed by atoms with van der Waals surface area (Å²) in [5, 5.41) is 7.88. The predicted molar refractivity (Wildman–Crippen MR) is 75.2 cm³/mol. The fourth-order valence-electron chi connectivity index (χ4n) is 1.81. The quantitative estimate of drug-likeness (QED) is 0.922. The molecular weight excluding hydrogens is 294 g/mol. The number of furan rings is 1. The Bertz CT molecular complexity index is 516. The maximum atomic E-state index is 5.56. The normalized spacial score (nSPS) is 11.4. The summed E-state index contributed by atoms with van der Waals surface area (Å²) >= 11 is 3.32. The Labute approximate surface area is 115 Å². The third-order valence-corrected chi connectivity index (χ3v) is 3.01. The molecule has 0 saturated carbocycles. The van der Waals surface area contributed by atoms with Crippen LogP contribution in [0.4, 0.5) is 0 Å². The van der Waals surface area contributed by atoms with E-state index in [1.54, 1.807) is 0 Å². The standard InChI is InChI=1S/C13H18BrN3O/c1-9(2)6-15-7-10-8-17(3)16-13(10)11-4-5-12(14)18-11/h4-5,8-9,15H,6-7H2,1-3H3. The molecule has 5 heteroatoms. The molecule has 4 nitrogen and oxygen atoms in total. The minimum absolute atomic E-state index is 0.642. The van der Waals surface area contributed by atoms with Crippen molar-refractivity contribution in [2.75, 3.05) is 6.54 Å². The highest BCUT2D eigenvalue weighted by molar-refractivity contribution is 9.10. The van der Waals surface area contributed by atoms with Crippen LogP contribution in [0, 0.1) is 5.92 Å². The van der Waals surface area contributed by atoms with Crippen LogP contribution in [0.15, 0.2) is 27.4 Å². The molecule has 0 spiro atoms. The number of rotatable bonds is 5. The van der Waals surface area contributed by atoms with Gasteiger partial charge in [-0.25, -0.2) is 0 Å². The van der Waals surface area contributed by atoms with Gasteiger partial charge >= 0.3 is 0 Å². The first kappa shape index (κ1) is 13.4. The van der Waals surface area contributed by atoms with Crippen LogP contribution in [0.2, 0.25) is 0 Å². The van der Waals surface area contributed by atoms with Gasteiger partial charge in [-0.3, -0.25) is 4.68 Å². The zero-order valence-corrected chi connectivity index (χ0v) is 12.5. The fraction of sp³-hybridized carbons (Fsp3) is 0.462. The summed E-state index contributed by atoms with van der Waals surface area (Å²) in [6.45, 7) is 6.19. The van der Waals surface area contributed by atoms with Crippen molar-refractivity contribution in [1.29, 1.82) is 0 Å². The molecule has 0 bridgehead atoms. The maximum absolute atomic E-state index is 5.56. The molecule has 98 valence electrons. The van der Waals surface area contributed by atoms with Gasteiger partial charge in [-0.2, -0.15) is 5.10 Å². The first-order valence-electron chi connectivity index (χ1n) is 6.05. The smallest absolute Gasteiger partial charge is 0.169 e. The summed E-state index contributed by atoms with van der Waals surface area (Å²) in [6, 6.07) is 3.81. The van der Waals surface area contributed by atoms with Crippen molar-refractivity contribution >= 4 is 15.9 Å². The molecule has 0 atom stereocenters. The average molecular weight is 312 g/mol. The Morgan fingerprint density at radius 2 is 2.22 bits per heavy atom.